The van der Waals surface area contributed by atoms with E-state index in [2.05, 4.69) is 15.1 Å². The van der Waals surface area contributed by atoms with E-state index in [1.54, 1.807) is 15.3 Å². The van der Waals surface area contributed by atoms with Gasteiger partial charge in [0.1, 0.15) is 9.96 Å². The van der Waals surface area contributed by atoms with Crippen molar-refractivity contribution in [2.24, 2.45) is 5.73 Å². The molecule has 0 aliphatic heterocycles. The van der Waals surface area contributed by atoms with Crippen molar-refractivity contribution in [1.29, 1.82) is 0 Å². The minimum absolute atomic E-state index is 0.0283. The molecule has 6 rings (SSSR count). The minimum atomic E-state index is -3.93. The summed E-state index contributed by atoms with van der Waals surface area (Å²) in [7, 11) is -2.40. The molecule has 1 atom stereocenters. The SMILES string of the molecule is COc1cccc2c1c(NS(=O)(=O)c1ccc(Cl)s1)nn2Cc1cccc(CNC(=O)n2cc(C[C@@H](C)N)c3ccccc32)c1. The largest absolute Gasteiger partial charge is 0.496 e. The van der Waals surface area contributed by atoms with Crippen LogP contribution >= 0.6 is 22.9 Å². The number of para-hydroxylation sites is 1. The second-order valence-corrected chi connectivity index (χ2v) is 14.4. The molecule has 6 aromatic rings. The second-order valence-electron chi connectivity index (χ2n) is 10.7. The lowest BCUT2D eigenvalue weighted by Crippen LogP contribution is -2.27. The number of amides is 1. The number of hydrogen-bond acceptors (Lipinski definition) is 7. The van der Waals surface area contributed by atoms with Crippen molar-refractivity contribution >= 4 is 66.6 Å². The third-order valence-electron chi connectivity index (χ3n) is 7.33. The molecule has 0 radical (unpaired) electrons. The number of aromatic nitrogens is 3. The van der Waals surface area contributed by atoms with Crippen molar-refractivity contribution in [1.82, 2.24) is 19.7 Å². The number of carbonyl (C=O) groups is 1. The maximum Gasteiger partial charge on any atom is 0.326 e. The monoisotopic (exact) mass is 662 g/mol. The zero-order valence-corrected chi connectivity index (χ0v) is 26.9. The van der Waals surface area contributed by atoms with Crippen molar-refractivity contribution < 1.29 is 17.9 Å². The first-order valence-electron chi connectivity index (χ1n) is 14.1. The van der Waals surface area contributed by atoms with Gasteiger partial charge in [-0.15, -0.1) is 11.3 Å². The van der Waals surface area contributed by atoms with Crippen molar-refractivity contribution in [2.45, 2.75) is 36.7 Å². The van der Waals surface area contributed by atoms with Gasteiger partial charge in [0.2, 0.25) is 0 Å². The number of thiophene rings is 1. The summed E-state index contributed by atoms with van der Waals surface area (Å²) < 4.78 is 38.2. The van der Waals surface area contributed by atoms with Gasteiger partial charge in [-0.05, 0) is 60.4 Å². The van der Waals surface area contributed by atoms with Crippen LogP contribution in [0.2, 0.25) is 4.34 Å². The molecule has 0 unspecified atom stereocenters. The number of fused-ring (bicyclic) bond motifs is 2. The van der Waals surface area contributed by atoms with Crippen LogP contribution in [0.25, 0.3) is 21.8 Å². The summed E-state index contributed by atoms with van der Waals surface area (Å²) in [6.07, 6.45) is 2.53. The van der Waals surface area contributed by atoms with Crippen LogP contribution in [0.15, 0.2) is 89.3 Å². The van der Waals surface area contributed by atoms with Gasteiger partial charge in [-0.3, -0.25) is 14.0 Å². The van der Waals surface area contributed by atoms with E-state index in [4.69, 9.17) is 22.1 Å². The van der Waals surface area contributed by atoms with Gasteiger partial charge in [-0.25, -0.2) is 13.2 Å². The van der Waals surface area contributed by atoms with Gasteiger partial charge in [-0.2, -0.15) is 5.10 Å². The van der Waals surface area contributed by atoms with Crippen LogP contribution < -0.4 is 20.5 Å². The zero-order valence-electron chi connectivity index (χ0n) is 24.5. The smallest absolute Gasteiger partial charge is 0.326 e. The Bertz CT molecular complexity index is 2130. The number of halogens is 1. The van der Waals surface area contributed by atoms with Crippen molar-refractivity contribution in [3.05, 3.63) is 106 Å². The summed E-state index contributed by atoms with van der Waals surface area (Å²) in [5.41, 5.74) is 10.4. The molecule has 3 aromatic carbocycles. The number of nitrogens with zero attached hydrogens (tertiary/aromatic N) is 3. The summed E-state index contributed by atoms with van der Waals surface area (Å²) in [6, 6.07) is 23.8. The number of rotatable bonds is 10. The molecule has 0 aliphatic carbocycles. The number of nitrogens with one attached hydrogen (secondary N) is 2. The number of hydrogen-bond donors (Lipinski definition) is 3. The molecule has 0 bridgehead atoms. The summed E-state index contributed by atoms with van der Waals surface area (Å²) in [4.78, 5) is 13.3. The quantitative estimate of drug-likeness (QED) is 0.160. The summed E-state index contributed by atoms with van der Waals surface area (Å²) >= 11 is 6.95. The van der Waals surface area contributed by atoms with Gasteiger partial charge in [-0.1, -0.05) is 60.1 Å². The van der Waals surface area contributed by atoms with Gasteiger partial charge in [0.15, 0.2) is 5.82 Å². The van der Waals surface area contributed by atoms with E-state index in [0.717, 1.165) is 38.9 Å². The molecule has 0 saturated heterocycles. The fraction of sp³-hybridized carbons (Fsp3) is 0.188. The first-order valence-corrected chi connectivity index (χ1v) is 16.8. The first kappa shape index (κ1) is 30.7. The maximum atomic E-state index is 13.3. The number of anilines is 1. The Labute approximate surface area is 269 Å². The molecule has 0 aliphatic rings. The predicted octanol–water partition coefficient (Wildman–Crippen LogP) is 6.21. The van der Waals surface area contributed by atoms with E-state index < -0.39 is 10.0 Å². The van der Waals surface area contributed by atoms with Crippen LogP contribution in [0.3, 0.4) is 0 Å². The van der Waals surface area contributed by atoms with Gasteiger partial charge in [0, 0.05) is 24.2 Å². The van der Waals surface area contributed by atoms with Gasteiger partial charge in [0.05, 0.1) is 34.4 Å². The molecule has 1 amide bonds. The Morgan fingerprint density at radius 3 is 2.56 bits per heavy atom. The Hall–Kier alpha value is -4.36. The Morgan fingerprint density at radius 1 is 1.04 bits per heavy atom. The van der Waals surface area contributed by atoms with E-state index in [-0.39, 0.29) is 22.1 Å². The highest BCUT2D eigenvalue weighted by Crippen LogP contribution is 2.35. The Kier molecular flexibility index (Phi) is 8.56. The fourth-order valence-electron chi connectivity index (χ4n) is 5.38. The highest BCUT2D eigenvalue weighted by atomic mass is 35.5. The molecular weight excluding hydrogens is 632 g/mol. The standard InChI is InChI=1S/C32H31ClN6O4S2/c1-20(34)15-23-19-38(25-10-4-3-9-24(23)25)32(40)35-17-21-7-5-8-22(16-21)18-39-26-11-6-12-27(43-2)30(26)31(36-39)37-45(41,42)29-14-13-28(33)44-29/h3-14,16,19-20H,15,17-18,34H2,1-2H3,(H,35,40)(H,36,37)/t20-/m1/s1. The van der Waals surface area contributed by atoms with E-state index in [0.29, 0.717) is 40.5 Å². The lowest BCUT2D eigenvalue weighted by atomic mass is 10.1. The van der Waals surface area contributed by atoms with Gasteiger partial charge in [0.25, 0.3) is 10.0 Å². The number of nitrogens with two attached hydrogens (primary N) is 1. The third-order valence-corrected chi connectivity index (χ3v) is 10.4. The fourth-order valence-corrected chi connectivity index (χ4v) is 7.87. The third kappa shape index (κ3) is 6.40. The van der Waals surface area contributed by atoms with Crippen LogP contribution in [0.5, 0.6) is 5.75 Å². The molecule has 232 valence electrons. The van der Waals surface area contributed by atoms with E-state index in [1.807, 2.05) is 73.8 Å². The molecule has 3 heterocycles. The molecule has 0 fully saturated rings. The average molecular weight is 663 g/mol. The van der Waals surface area contributed by atoms with Crippen molar-refractivity contribution in [3.8, 4) is 5.75 Å². The molecule has 13 heteroatoms. The molecule has 10 nitrogen and oxygen atoms in total. The van der Waals surface area contributed by atoms with E-state index in [1.165, 1.54) is 19.2 Å². The molecule has 4 N–H and O–H groups in total. The topological polar surface area (TPSA) is 133 Å². The first-order chi connectivity index (χ1) is 21.6. The lowest BCUT2D eigenvalue weighted by molar-refractivity contribution is 0.243. The van der Waals surface area contributed by atoms with Crippen molar-refractivity contribution in [2.75, 3.05) is 11.8 Å². The number of sulfonamides is 1. The van der Waals surface area contributed by atoms with Crippen LogP contribution in [-0.2, 0) is 29.5 Å². The normalized spacial score (nSPS) is 12.4. The number of methoxy groups -OCH3 is 1. The van der Waals surface area contributed by atoms with Crippen LogP contribution in [0.1, 0.15) is 23.6 Å². The number of ether oxygens (including phenoxy) is 1. The minimum Gasteiger partial charge on any atom is -0.496 e. The zero-order chi connectivity index (χ0) is 31.7. The molecular formula is C32H31ClN6O4S2. The summed E-state index contributed by atoms with van der Waals surface area (Å²) in [5, 5.41) is 9.22. The highest BCUT2D eigenvalue weighted by molar-refractivity contribution is 7.94. The lowest BCUT2D eigenvalue weighted by Gasteiger charge is -2.10. The van der Waals surface area contributed by atoms with Crippen LogP contribution in [-0.4, -0.2) is 41.9 Å². The number of carbonyl (C=O) groups excluding carboxylic acids is 1. The maximum absolute atomic E-state index is 13.3. The predicted molar refractivity (Wildman–Crippen MR) is 179 cm³/mol. The second kappa shape index (κ2) is 12.6. The number of benzene rings is 3. The van der Waals surface area contributed by atoms with Crippen molar-refractivity contribution in [3.63, 3.8) is 0 Å². The van der Waals surface area contributed by atoms with E-state index in [9.17, 15) is 13.2 Å². The van der Waals surface area contributed by atoms with E-state index >= 15 is 0 Å². The summed E-state index contributed by atoms with van der Waals surface area (Å²) in [6.45, 7) is 2.60. The van der Waals surface area contributed by atoms with Crippen LogP contribution in [0.4, 0.5) is 10.6 Å². The molecule has 45 heavy (non-hydrogen) atoms. The average Bonchev–Trinajstić information content (AvgIpc) is 3.72. The van der Waals surface area contributed by atoms with Gasteiger partial charge < -0.3 is 15.8 Å². The molecule has 0 spiro atoms. The van der Waals surface area contributed by atoms with Gasteiger partial charge >= 0.3 is 6.03 Å². The summed E-state index contributed by atoms with van der Waals surface area (Å²) in [5.74, 6) is 0.636. The Morgan fingerprint density at radius 2 is 1.80 bits per heavy atom. The Balaban J connectivity index is 1.23. The molecule has 0 saturated carbocycles. The van der Waals surface area contributed by atoms with Crippen LogP contribution in [0, 0.1) is 0 Å². The highest BCUT2D eigenvalue weighted by Gasteiger charge is 2.23. The molecule has 3 aromatic heterocycles.